The monoisotopic (exact) mass is 526 g/mol. The van der Waals surface area contributed by atoms with Crippen LogP contribution in [0.5, 0.6) is 0 Å². The number of hydrogen-bond acceptors (Lipinski definition) is 6. The van der Waals surface area contributed by atoms with Crippen LogP contribution in [0.15, 0.2) is 48.8 Å². The number of carbonyl (C=O) groups is 1. The number of nitrogens with zero attached hydrogens (tertiary/aromatic N) is 5. The number of hydrogen-bond donors (Lipinski definition) is 1. The van der Waals surface area contributed by atoms with Gasteiger partial charge in [0.1, 0.15) is 5.69 Å². The van der Waals surface area contributed by atoms with Crippen molar-refractivity contribution in [3.8, 4) is 10.7 Å². The van der Waals surface area contributed by atoms with Crippen LogP contribution in [0.3, 0.4) is 0 Å². The van der Waals surface area contributed by atoms with E-state index >= 15 is 0 Å². The Hall–Kier alpha value is -3.81. The fourth-order valence-corrected chi connectivity index (χ4v) is 4.09. The predicted molar refractivity (Wildman–Crippen MR) is 118 cm³/mol. The number of aryl methyl sites for hydroxylation is 1. The predicted octanol–water partition coefficient (Wildman–Crippen LogP) is 6.00. The van der Waals surface area contributed by atoms with Crippen molar-refractivity contribution in [3.63, 3.8) is 0 Å². The third-order valence-corrected chi connectivity index (χ3v) is 6.15. The summed E-state index contributed by atoms with van der Waals surface area (Å²) in [5, 5.41) is 15.0. The first-order valence-corrected chi connectivity index (χ1v) is 11.1. The number of nitrogens with one attached hydrogen (secondary N) is 1. The Morgan fingerprint density at radius 2 is 1.81 bits per heavy atom. The van der Waals surface area contributed by atoms with E-state index in [0.29, 0.717) is 16.8 Å². The number of alkyl halides is 6. The van der Waals surface area contributed by atoms with Crippen molar-refractivity contribution in [1.29, 1.82) is 0 Å². The van der Waals surface area contributed by atoms with Gasteiger partial charge >= 0.3 is 12.4 Å². The van der Waals surface area contributed by atoms with Gasteiger partial charge in [0.2, 0.25) is 5.01 Å². The SMILES string of the molecule is Cc1nn([C@@H](C)c2ccc(C(F)(F)F)cc2C(F)(F)F)cc1NC(=O)c1nnc(-c2ccccn2)s1. The minimum Gasteiger partial charge on any atom is -0.317 e. The minimum absolute atomic E-state index is 0.0259. The molecule has 0 bridgehead atoms. The van der Waals surface area contributed by atoms with Crippen molar-refractivity contribution in [1.82, 2.24) is 25.0 Å². The summed E-state index contributed by atoms with van der Waals surface area (Å²) in [6.45, 7) is 2.88. The van der Waals surface area contributed by atoms with Gasteiger partial charge in [-0.15, -0.1) is 10.2 Å². The van der Waals surface area contributed by atoms with Gasteiger partial charge in [-0.1, -0.05) is 23.5 Å². The van der Waals surface area contributed by atoms with Gasteiger partial charge in [0.15, 0.2) is 5.01 Å². The maximum absolute atomic E-state index is 13.6. The summed E-state index contributed by atoms with van der Waals surface area (Å²) < 4.78 is 80.9. The number of aromatic nitrogens is 5. The lowest BCUT2D eigenvalue weighted by molar-refractivity contribution is -0.143. The van der Waals surface area contributed by atoms with Crippen LogP contribution in [0.4, 0.5) is 32.0 Å². The largest absolute Gasteiger partial charge is 0.416 e. The van der Waals surface area contributed by atoms with Crippen LogP contribution in [-0.4, -0.2) is 30.9 Å². The number of pyridine rings is 1. The van der Waals surface area contributed by atoms with Crippen molar-refractivity contribution < 1.29 is 31.1 Å². The van der Waals surface area contributed by atoms with Gasteiger partial charge in [-0.05, 0) is 43.7 Å². The zero-order valence-electron chi connectivity index (χ0n) is 18.5. The molecule has 0 spiro atoms. The first-order valence-electron chi connectivity index (χ1n) is 10.2. The quantitative estimate of drug-likeness (QED) is 0.322. The fraction of sp³-hybridized carbons (Fsp3) is 0.227. The molecule has 1 amide bonds. The Balaban J connectivity index is 1.59. The molecule has 0 saturated carbocycles. The van der Waals surface area contributed by atoms with Crippen LogP contribution >= 0.6 is 11.3 Å². The topological polar surface area (TPSA) is 85.6 Å². The lowest BCUT2D eigenvalue weighted by Gasteiger charge is -2.20. The zero-order valence-corrected chi connectivity index (χ0v) is 19.3. The Morgan fingerprint density at radius 1 is 1.06 bits per heavy atom. The Kier molecular flexibility index (Phi) is 6.56. The summed E-state index contributed by atoms with van der Waals surface area (Å²) in [6.07, 6.45) is -7.08. The first-order chi connectivity index (χ1) is 16.8. The van der Waals surface area contributed by atoms with Crippen molar-refractivity contribution in [3.05, 3.63) is 76.2 Å². The van der Waals surface area contributed by atoms with Crippen molar-refractivity contribution in [2.75, 3.05) is 5.32 Å². The molecular weight excluding hydrogens is 510 g/mol. The van der Waals surface area contributed by atoms with Crippen LogP contribution in [0.25, 0.3) is 10.7 Å². The van der Waals surface area contributed by atoms with E-state index in [4.69, 9.17) is 0 Å². The molecule has 0 saturated heterocycles. The standard InChI is InChI=1S/C22H16F6N6OS/c1-11-17(30-18(35)20-32-31-19(36-20)16-5-3-4-8-29-16)10-34(33-11)12(2)14-7-6-13(21(23,24)25)9-15(14)22(26,27)28/h3-10,12H,1-2H3,(H,30,35)/t12-/m0/s1. The van der Waals surface area contributed by atoms with E-state index in [0.717, 1.165) is 22.1 Å². The Morgan fingerprint density at radius 3 is 2.44 bits per heavy atom. The van der Waals surface area contributed by atoms with Gasteiger partial charge in [0, 0.05) is 12.4 Å². The highest BCUT2D eigenvalue weighted by atomic mass is 32.1. The normalized spacial score (nSPS) is 13.0. The second kappa shape index (κ2) is 9.33. The third-order valence-electron chi connectivity index (χ3n) is 5.20. The zero-order chi connectivity index (χ0) is 26.3. The summed E-state index contributed by atoms with van der Waals surface area (Å²) in [5.41, 5.74) is -2.21. The maximum Gasteiger partial charge on any atom is 0.416 e. The van der Waals surface area contributed by atoms with Crippen molar-refractivity contribution in [2.24, 2.45) is 0 Å². The highest BCUT2D eigenvalue weighted by Gasteiger charge is 2.39. The summed E-state index contributed by atoms with van der Waals surface area (Å²) >= 11 is 0.996. The van der Waals surface area contributed by atoms with Crippen molar-refractivity contribution in [2.45, 2.75) is 32.2 Å². The van der Waals surface area contributed by atoms with Gasteiger partial charge < -0.3 is 5.32 Å². The van der Waals surface area contributed by atoms with Crippen molar-refractivity contribution >= 4 is 22.9 Å². The number of rotatable bonds is 5. The molecule has 0 aliphatic carbocycles. The molecule has 3 aromatic heterocycles. The summed E-state index contributed by atoms with van der Waals surface area (Å²) in [4.78, 5) is 16.8. The highest BCUT2D eigenvalue weighted by molar-refractivity contribution is 7.16. The van der Waals surface area contributed by atoms with Crippen LogP contribution in [0.1, 0.15) is 45.2 Å². The van der Waals surface area contributed by atoms with Gasteiger partial charge in [-0.2, -0.15) is 31.4 Å². The molecule has 36 heavy (non-hydrogen) atoms. The minimum atomic E-state index is -5.02. The smallest absolute Gasteiger partial charge is 0.317 e. The molecule has 3 heterocycles. The lowest BCUT2D eigenvalue weighted by atomic mass is 9.98. The second-order valence-corrected chi connectivity index (χ2v) is 8.64. The number of anilines is 1. The molecule has 0 unspecified atom stereocenters. The molecule has 0 fully saturated rings. The van der Waals surface area contributed by atoms with E-state index in [1.54, 1.807) is 24.4 Å². The van der Waals surface area contributed by atoms with E-state index in [1.807, 2.05) is 0 Å². The van der Waals surface area contributed by atoms with Crippen LogP contribution in [-0.2, 0) is 12.4 Å². The summed E-state index contributed by atoms with van der Waals surface area (Å²) in [7, 11) is 0. The summed E-state index contributed by atoms with van der Waals surface area (Å²) in [5.74, 6) is -0.615. The number of carbonyl (C=O) groups excluding carboxylic acids is 1. The van der Waals surface area contributed by atoms with Crippen LogP contribution in [0.2, 0.25) is 0 Å². The molecular formula is C22H16F6N6OS. The average molecular weight is 526 g/mol. The third kappa shape index (κ3) is 5.22. The fourth-order valence-electron chi connectivity index (χ4n) is 3.37. The van der Waals surface area contributed by atoms with Gasteiger partial charge in [0.25, 0.3) is 5.91 Å². The number of amides is 1. The molecule has 188 valence electrons. The van der Waals surface area contributed by atoms with Gasteiger partial charge in [-0.3, -0.25) is 14.5 Å². The van der Waals surface area contributed by atoms with Gasteiger partial charge in [0.05, 0.1) is 28.6 Å². The molecule has 7 nitrogen and oxygen atoms in total. The highest BCUT2D eigenvalue weighted by Crippen LogP contribution is 2.40. The second-order valence-electron chi connectivity index (χ2n) is 7.66. The molecule has 1 N–H and O–H groups in total. The van der Waals surface area contributed by atoms with E-state index in [2.05, 4.69) is 25.6 Å². The molecule has 4 aromatic rings. The Labute approximate surface area is 203 Å². The van der Waals surface area contributed by atoms with E-state index in [9.17, 15) is 31.1 Å². The molecule has 14 heteroatoms. The lowest BCUT2D eigenvalue weighted by Crippen LogP contribution is -2.18. The molecule has 4 rings (SSSR count). The molecule has 1 aromatic carbocycles. The van der Waals surface area contributed by atoms with E-state index < -0.39 is 41.0 Å². The summed E-state index contributed by atoms with van der Waals surface area (Å²) in [6, 6.07) is 5.55. The van der Waals surface area contributed by atoms with E-state index in [-0.39, 0.29) is 22.5 Å². The van der Waals surface area contributed by atoms with Gasteiger partial charge in [-0.25, -0.2) is 0 Å². The maximum atomic E-state index is 13.6. The van der Waals surface area contributed by atoms with E-state index in [1.165, 1.54) is 20.0 Å². The Bertz CT molecular complexity index is 1400. The number of halogens is 6. The van der Waals surface area contributed by atoms with Crippen LogP contribution < -0.4 is 5.32 Å². The molecule has 0 aliphatic heterocycles. The van der Waals surface area contributed by atoms with Crippen LogP contribution in [0, 0.1) is 6.92 Å². The molecule has 0 aliphatic rings. The number of benzene rings is 1. The average Bonchev–Trinajstić information content (AvgIpc) is 3.45. The molecule has 0 radical (unpaired) electrons. The first kappa shape index (κ1) is 25.3. The molecule has 1 atom stereocenters.